The zero-order valence-electron chi connectivity index (χ0n) is 16.7. The average Bonchev–Trinajstić information content (AvgIpc) is 3.35. The molecule has 2 atom stereocenters. The molecular weight excluding hydrogens is 377 g/mol. The Kier molecular flexibility index (Phi) is 4.58. The van der Waals surface area contributed by atoms with E-state index in [9.17, 15) is 9.18 Å². The van der Waals surface area contributed by atoms with Crippen LogP contribution in [0.3, 0.4) is 0 Å². The van der Waals surface area contributed by atoms with Gasteiger partial charge >= 0.3 is 0 Å². The van der Waals surface area contributed by atoms with Crippen molar-refractivity contribution in [2.24, 2.45) is 0 Å². The molecule has 2 heterocycles. The van der Waals surface area contributed by atoms with Gasteiger partial charge in [-0.3, -0.25) is 4.79 Å². The van der Waals surface area contributed by atoms with Crippen LogP contribution in [0.1, 0.15) is 36.7 Å². The first-order valence-corrected chi connectivity index (χ1v) is 10.2. The highest BCUT2D eigenvalue weighted by atomic mass is 19.1. The van der Waals surface area contributed by atoms with E-state index < -0.39 is 0 Å². The molecule has 4 nitrogen and oxygen atoms in total. The first-order chi connectivity index (χ1) is 14.6. The maximum atomic E-state index is 13.3. The van der Waals surface area contributed by atoms with Crippen molar-refractivity contribution in [2.45, 2.75) is 25.3 Å². The van der Waals surface area contributed by atoms with Crippen molar-refractivity contribution in [3.63, 3.8) is 0 Å². The van der Waals surface area contributed by atoms with Crippen molar-refractivity contribution >= 4 is 22.6 Å². The lowest BCUT2D eigenvalue weighted by Gasteiger charge is -2.21. The number of carbonyl (C=O) groups excluding carboxylic acids is 1. The van der Waals surface area contributed by atoms with E-state index in [-0.39, 0.29) is 23.7 Å². The van der Waals surface area contributed by atoms with Crippen molar-refractivity contribution in [1.29, 1.82) is 0 Å². The van der Waals surface area contributed by atoms with E-state index >= 15 is 0 Å². The molecule has 0 unspecified atom stereocenters. The van der Waals surface area contributed by atoms with Gasteiger partial charge in [-0.1, -0.05) is 42.5 Å². The first-order valence-electron chi connectivity index (χ1n) is 10.2. The fraction of sp³-hybridized carbons (Fsp3) is 0.200. The Morgan fingerprint density at radius 1 is 0.967 bits per heavy atom. The summed E-state index contributed by atoms with van der Waals surface area (Å²) in [5, 5.41) is 0. The Bertz CT molecular complexity index is 1200. The molecule has 5 heteroatoms. The number of nitrogens with zero attached hydrogens (tertiary/aromatic N) is 3. The highest BCUT2D eigenvalue weighted by Gasteiger charge is 2.35. The summed E-state index contributed by atoms with van der Waals surface area (Å²) in [6.45, 7) is 2.71. The lowest BCUT2D eigenvalue weighted by Crippen LogP contribution is -2.24. The van der Waals surface area contributed by atoms with Crippen molar-refractivity contribution in [3.8, 4) is 0 Å². The van der Waals surface area contributed by atoms with E-state index in [0.29, 0.717) is 13.0 Å². The Labute approximate surface area is 174 Å². The third-order valence-electron chi connectivity index (χ3n) is 5.92. The number of halogens is 1. The van der Waals surface area contributed by atoms with Gasteiger partial charge < -0.3 is 9.47 Å². The molecule has 0 bridgehead atoms. The molecule has 0 radical (unpaired) electrons. The highest BCUT2D eigenvalue weighted by Crippen LogP contribution is 2.36. The topological polar surface area (TPSA) is 38.1 Å². The van der Waals surface area contributed by atoms with Crippen LogP contribution in [0.2, 0.25) is 0 Å². The zero-order valence-corrected chi connectivity index (χ0v) is 16.7. The van der Waals surface area contributed by atoms with Gasteiger partial charge in [0.1, 0.15) is 11.6 Å². The Balaban J connectivity index is 1.56. The molecule has 0 aliphatic carbocycles. The summed E-state index contributed by atoms with van der Waals surface area (Å²) in [5.74, 6) is 0.629. The number of hydrogen-bond acceptors (Lipinski definition) is 2. The molecule has 1 amide bonds. The SMILES string of the molecule is C[C@@H](c1ccccc1)n1c([C@@H]2CC(=O)N(c3ccc(F)cc3)C2)nc2ccccc21. The molecule has 1 aliphatic heterocycles. The number of imidazole rings is 1. The van der Waals surface area contributed by atoms with Crippen LogP contribution in [-0.4, -0.2) is 22.0 Å². The molecule has 30 heavy (non-hydrogen) atoms. The molecule has 1 fully saturated rings. The number of para-hydroxylation sites is 2. The summed E-state index contributed by atoms with van der Waals surface area (Å²) in [4.78, 5) is 19.5. The summed E-state index contributed by atoms with van der Waals surface area (Å²) in [6.07, 6.45) is 0.391. The fourth-order valence-electron chi connectivity index (χ4n) is 4.39. The molecule has 0 spiro atoms. The van der Waals surface area contributed by atoms with Crippen molar-refractivity contribution in [2.75, 3.05) is 11.4 Å². The number of amides is 1. The Hall–Kier alpha value is -3.47. The van der Waals surface area contributed by atoms with Gasteiger partial charge in [0, 0.05) is 24.6 Å². The molecule has 3 aromatic carbocycles. The predicted octanol–water partition coefficient (Wildman–Crippen LogP) is 5.31. The minimum absolute atomic E-state index is 0.0267. The average molecular weight is 399 g/mol. The quantitative estimate of drug-likeness (QED) is 0.467. The van der Waals surface area contributed by atoms with Crippen LogP contribution in [0, 0.1) is 5.82 Å². The third kappa shape index (κ3) is 3.16. The summed E-state index contributed by atoms with van der Waals surface area (Å²) in [5.41, 5.74) is 3.92. The van der Waals surface area contributed by atoms with E-state index in [1.807, 2.05) is 36.4 Å². The third-order valence-corrected chi connectivity index (χ3v) is 5.92. The number of aromatic nitrogens is 2. The van der Waals surface area contributed by atoms with Gasteiger partial charge in [-0.25, -0.2) is 9.37 Å². The molecule has 0 N–H and O–H groups in total. The van der Waals surface area contributed by atoms with Crippen LogP contribution in [0.4, 0.5) is 10.1 Å². The summed E-state index contributed by atoms with van der Waals surface area (Å²) >= 11 is 0. The van der Waals surface area contributed by atoms with Crippen LogP contribution < -0.4 is 4.90 Å². The molecule has 1 aromatic heterocycles. The molecule has 4 aromatic rings. The van der Waals surface area contributed by atoms with Crippen LogP contribution in [0.5, 0.6) is 0 Å². The summed E-state index contributed by atoms with van der Waals surface area (Å²) < 4.78 is 15.6. The molecule has 1 aliphatic rings. The second-order valence-electron chi connectivity index (χ2n) is 7.80. The second-order valence-corrected chi connectivity index (χ2v) is 7.80. The number of carbonyl (C=O) groups is 1. The lowest BCUT2D eigenvalue weighted by molar-refractivity contribution is -0.117. The molecule has 0 saturated carbocycles. The van der Waals surface area contributed by atoms with E-state index in [1.54, 1.807) is 17.0 Å². The maximum Gasteiger partial charge on any atom is 0.227 e. The van der Waals surface area contributed by atoms with Crippen LogP contribution in [0.15, 0.2) is 78.9 Å². The second kappa shape index (κ2) is 7.41. The standard InChI is InChI=1S/C25H22FN3O/c1-17(18-7-3-2-4-8-18)29-23-10-6-5-9-22(23)27-25(29)19-15-24(30)28(16-19)21-13-11-20(26)12-14-21/h2-14,17,19H,15-16H2,1H3/t17-,19+/m0/s1. The molecule has 5 rings (SSSR count). The van der Waals surface area contributed by atoms with Gasteiger partial charge in [-0.2, -0.15) is 0 Å². The number of fused-ring (bicyclic) bond motifs is 1. The van der Waals surface area contributed by atoms with Crippen molar-refractivity contribution in [3.05, 3.63) is 96.1 Å². The van der Waals surface area contributed by atoms with Gasteiger partial charge in [0.15, 0.2) is 0 Å². The normalized spacial score (nSPS) is 17.6. The number of rotatable bonds is 4. The first kappa shape index (κ1) is 18.6. The van der Waals surface area contributed by atoms with Crippen LogP contribution >= 0.6 is 0 Å². The number of benzene rings is 3. The molecular formula is C25H22FN3O. The largest absolute Gasteiger partial charge is 0.320 e. The Morgan fingerprint density at radius 2 is 1.67 bits per heavy atom. The van der Waals surface area contributed by atoms with Gasteiger partial charge in [0.25, 0.3) is 0 Å². The monoisotopic (exact) mass is 399 g/mol. The number of anilines is 1. The van der Waals surface area contributed by atoms with E-state index in [0.717, 1.165) is 22.5 Å². The van der Waals surface area contributed by atoms with Gasteiger partial charge in [0.2, 0.25) is 5.91 Å². The smallest absolute Gasteiger partial charge is 0.227 e. The van der Waals surface area contributed by atoms with Crippen LogP contribution in [-0.2, 0) is 4.79 Å². The van der Waals surface area contributed by atoms with E-state index in [4.69, 9.17) is 4.98 Å². The zero-order chi connectivity index (χ0) is 20.7. The number of hydrogen-bond donors (Lipinski definition) is 0. The van der Waals surface area contributed by atoms with E-state index in [2.05, 4.69) is 29.7 Å². The Morgan fingerprint density at radius 3 is 2.43 bits per heavy atom. The highest BCUT2D eigenvalue weighted by molar-refractivity contribution is 5.96. The van der Waals surface area contributed by atoms with Gasteiger partial charge in [-0.05, 0) is 48.9 Å². The maximum absolute atomic E-state index is 13.3. The van der Waals surface area contributed by atoms with Gasteiger partial charge in [0.05, 0.1) is 17.1 Å². The van der Waals surface area contributed by atoms with E-state index in [1.165, 1.54) is 17.7 Å². The van der Waals surface area contributed by atoms with Crippen molar-refractivity contribution < 1.29 is 9.18 Å². The molecule has 1 saturated heterocycles. The fourth-order valence-corrected chi connectivity index (χ4v) is 4.39. The van der Waals surface area contributed by atoms with Crippen molar-refractivity contribution in [1.82, 2.24) is 9.55 Å². The summed E-state index contributed by atoms with van der Waals surface area (Å²) in [7, 11) is 0. The molecule has 150 valence electrons. The predicted molar refractivity (Wildman–Crippen MR) is 116 cm³/mol. The minimum Gasteiger partial charge on any atom is -0.320 e. The van der Waals surface area contributed by atoms with Crippen LogP contribution in [0.25, 0.3) is 11.0 Å². The lowest BCUT2D eigenvalue weighted by atomic mass is 10.0. The van der Waals surface area contributed by atoms with Gasteiger partial charge in [-0.15, -0.1) is 0 Å². The minimum atomic E-state index is -0.305. The summed E-state index contributed by atoms with van der Waals surface area (Å²) in [6, 6.07) is 24.6.